The van der Waals surface area contributed by atoms with Crippen LogP contribution in [-0.2, 0) is 10.8 Å². The molecular formula is C16H24S2. The molecule has 0 atom stereocenters. The normalized spacial score (nSPS) is 13.6. The van der Waals surface area contributed by atoms with Crippen molar-refractivity contribution in [2.75, 3.05) is 0 Å². The second-order valence-corrected chi connectivity index (χ2v) is 9.31. The molecule has 0 aliphatic heterocycles. The number of fused-ring (bicyclic) bond motifs is 1. The molecule has 0 saturated heterocycles. The first-order valence-electron chi connectivity index (χ1n) is 6.57. The predicted octanol–water partition coefficient (Wildman–Crippen LogP) is 6.17. The molecule has 0 N–H and O–H groups in total. The van der Waals surface area contributed by atoms with Crippen LogP contribution >= 0.6 is 22.7 Å². The summed E-state index contributed by atoms with van der Waals surface area (Å²) >= 11 is 4.01. The SMILES string of the molecule is Cc1c(C(C)(C)C)sc2c(C)c(C(C)(C)C)sc12. The Labute approximate surface area is 119 Å². The van der Waals surface area contributed by atoms with Gasteiger partial charge >= 0.3 is 0 Å². The third-order valence-corrected chi connectivity index (χ3v) is 7.14. The lowest BCUT2D eigenvalue weighted by atomic mass is 9.91. The van der Waals surface area contributed by atoms with Crippen molar-refractivity contribution in [2.45, 2.75) is 66.2 Å². The minimum Gasteiger partial charge on any atom is -0.138 e. The number of hydrogen-bond donors (Lipinski definition) is 0. The first-order chi connectivity index (χ1) is 8.03. The third-order valence-electron chi connectivity index (χ3n) is 3.34. The van der Waals surface area contributed by atoms with Crippen LogP contribution in [-0.4, -0.2) is 0 Å². The van der Waals surface area contributed by atoms with E-state index in [-0.39, 0.29) is 10.8 Å². The zero-order valence-electron chi connectivity index (χ0n) is 12.8. The van der Waals surface area contributed by atoms with Crippen LogP contribution in [0.25, 0.3) is 9.40 Å². The molecule has 100 valence electrons. The average Bonchev–Trinajstić information content (AvgIpc) is 2.64. The molecule has 0 unspecified atom stereocenters. The summed E-state index contributed by atoms with van der Waals surface area (Å²) in [5.41, 5.74) is 3.54. The standard InChI is InChI=1S/C16H24S2/c1-9-11-12(18-13(9)15(3,4)5)10(2)14(17-11)16(6,7)8/h1-8H3. The molecule has 0 nitrogen and oxygen atoms in total. The van der Waals surface area contributed by atoms with E-state index in [1.807, 2.05) is 22.7 Å². The van der Waals surface area contributed by atoms with Gasteiger partial charge in [-0.05, 0) is 35.8 Å². The molecule has 0 spiro atoms. The van der Waals surface area contributed by atoms with E-state index in [2.05, 4.69) is 55.4 Å². The Kier molecular flexibility index (Phi) is 3.19. The summed E-state index contributed by atoms with van der Waals surface area (Å²) in [6.07, 6.45) is 0. The van der Waals surface area contributed by atoms with Crippen molar-refractivity contribution in [1.29, 1.82) is 0 Å². The fourth-order valence-corrected chi connectivity index (χ4v) is 5.49. The quantitative estimate of drug-likeness (QED) is 0.541. The van der Waals surface area contributed by atoms with Crippen LogP contribution in [0, 0.1) is 13.8 Å². The molecule has 2 aromatic heterocycles. The van der Waals surface area contributed by atoms with Gasteiger partial charge in [-0.1, -0.05) is 41.5 Å². The van der Waals surface area contributed by atoms with Gasteiger partial charge in [-0.3, -0.25) is 0 Å². The maximum Gasteiger partial charge on any atom is 0.0488 e. The highest BCUT2D eigenvalue weighted by atomic mass is 32.1. The highest BCUT2D eigenvalue weighted by Crippen LogP contribution is 2.47. The van der Waals surface area contributed by atoms with E-state index in [0.29, 0.717) is 0 Å². The van der Waals surface area contributed by atoms with Gasteiger partial charge in [0.15, 0.2) is 0 Å². The van der Waals surface area contributed by atoms with Crippen LogP contribution in [0.1, 0.15) is 62.4 Å². The van der Waals surface area contributed by atoms with Crippen molar-refractivity contribution < 1.29 is 0 Å². The maximum absolute atomic E-state index is 2.31. The topological polar surface area (TPSA) is 0 Å². The Balaban J connectivity index is 2.73. The van der Waals surface area contributed by atoms with E-state index in [1.54, 1.807) is 9.75 Å². The van der Waals surface area contributed by atoms with Gasteiger partial charge in [-0.15, -0.1) is 22.7 Å². The van der Waals surface area contributed by atoms with E-state index in [9.17, 15) is 0 Å². The number of thiophene rings is 2. The maximum atomic E-state index is 2.31. The molecular weight excluding hydrogens is 256 g/mol. The van der Waals surface area contributed by atoms with E-state index >= 15 is 0 Å². The van der Waals surface area contributed by atoms with Crippen LogP contribution in [0.2, 0.25) is 0 Å². The summed E-state index contributed by atoms with van der Waals surface area (Å²) in [6, 6.07) is 0. The van der Waals surface area contributed by atoms with Gasteiger partial charge in [0.05, 0.1) is 0 Å². The van der Waals surface area contributed by atoms with E-state index < -0.39 is 0 Å². The van der Waals surface area contributed by atoms with Gasteiger partial charge in [-0.2, -0.15) is 0 Å². The molecule has 2 heteroatoms. The molecule has 0 aliphatic carbocycles. The summed E-state index contributed by atoms with van der Waals surface area (Å²) in [4.78, 5) is 3.10. The first kappa shape index (κ1) is 14.1. The van der Waals surface area contributed by atoms with E-state index in [0.717, 1.165) is 0 Å². The highest BCUT2D eigenvalue weighted by Gasteiger charge is 2.27. The zero-order valence-corrected chi connectivity index (χ0v) is 14.4. The summed E-state index contributed by atoms with van der Waals surface area (Å²) in [5, 5.41) is 0. The van der Waals surface area contributed by atoms with Crippen molar-refractivity contribution in [3.05, 3.63) is 20.9 Å². The zero-order chi connectivity index (χ0) is 13.9. The number of aryl methyl sites for hydroxylation is 2. The number of rotatable bonds is 0. The fraction of sp³-hybridized carbons (Fsp3) is 0.625. The van der Waals surface area contributed by atoms with Crippen molar-refractivity contribution >= 4 is 32.1 Å². The molecule has 2 rings (SSSR count). The summed E-state index contributed by atoms with van der Waals surface area (Å²) in [5.74, 6) is 0. The molecule has 2 heterocycles. The fourth-order valence-electron chi connectivity index (χ4n) is 2.58. The molecule has 0 aliphatic rings. The molecule has 2 aromatic rings. The van der Waals surface area contributed by atoms with Crippen molar-refractivity contribution in [1.82, 2.24) is 0 Å². The molecule has 0 aromatic carbocycles. The van der Waals surface area contributed by atoms with Crippen molar-refractivity contribution in [3.63, 3.8) is 0 Å². The molecule has 18 heavy (non-hydrogen) atoms. The van der Waals surface area contributed by atoms with Crippen molar-refractivity contribution in [3.8, 4) is 0 Å². The van der Waals surface area contributed by atoms with Crippen molar-refractivity contribution in [2.24, 2.45) is 0 Å². The lowest BCUT2D eigenvalue weighted by molar-refractivity contribution is 0.600. The second-order valence-electron chi connectivity index (χ2n) is 7.27. The van der Waals surface area contributed by atoms with Crippen LogP contribution in [0.5, 0.6) is 0 Å². The largest absolute Gasteiger partial charge is 0.138 e. The summed E-state index contributed by atoms with van der Waals surface area (Å²) < 4.78 is 3.04. The highest BCUT2D eigenvalue weighted by molar-refractivity contribution is 7.28. The minimum atomic E-state index is 0.266. The Morgan fingerprint density at radius 2 is 0.889 bits per heavy atom. The lowest BCUT2D eigenvalue weighted by Crippen LogP contribution is -2.10. The Hall–Kier alpha value is -0.340. The average molecular weight is 281 g/mol. The predicted molar refractivity (Wildman–Crippen MR) is 86.6 cm³/mol. The monoisotopic (exact) mass is 280 g/mol. The molecule has 0 bridgehead atoms. The van der Waals surface area contributed by atoms with Crippen LogP contribution in [0.15, 0.2) is 0 Å². The minimum absolute atomic E-state index is 0.266. The van der Waals surface area contributed by atoms with E-state index in [1.165, 1.54) is 20.5 Å². The van der Waals surface area contributed by atoms with Gasteiger partial charge in [0.1, 0.15) is 0 Å². The van der Waals surface area contributed by atoms with Crippen LogP contribution < -0.4 is 0 Å². The lowest BCUT2D eigenvalue weighted by Gasteiger charge is -2.19. The van der Waals surface area contributed by atoms with Gasteiger partial charge in [0.25, 0.3) is 0 Å². The van der Waals surface area contributed by atoms with Gasteiger partial charge in [0.2, 0.25) is 0 Å². The Morgan fingerprint density at radius 3 is 1.11 bits per heavy atom. The van der Waals surface area contributed by atoms with E-state index in [4.69, 9.17) is 0 Å². The second kappa shape index (κ2) is 4.08. The van der Waals surface area contributed by atoms with Crippen LogP contribution in [0.3, 0.4) is 0 Å². The summed E-state index contributed by atoms with van der Waals surface area (Å²) in [7, 11) is 0. The van der Waals surface area contributed by atoms with Gasteiger partial charge < -0.3 is 0 Å². The summed E-state index contributed by atoms with van der Waals surface area (Å²) in [6.45, 7) is 18.5. The Bertz CT molecular complexity index is 529. The van der Waals surface area contributed by atoms with Gasteiger partial charge in [0, 0.05) is 19.2 Å². The molecule has 0 amide bonds. The first-order valence-corrected chi connectivity index (χ1v) is 8.20. The molecule has 0 fully saturated rings. The van der Waals surface area contributed by atoms with Gasteiger partial charge in [-0.25, -0.2) is 0 Å². The molecule has 0 saturated carbocycles. The Morgan fingerprint density at radius 1 is 0.611 bits per heavy atom. The number of hydrogen-bond acceptors (Lipinski definition) is 2. The van der Waals surface area contributed by atoms with Crippen LogP contribution in [0.4, 0.5) is 0 Å². The third kappa shape index (κ3) is 2.14. The smallest absolute Gasteiger partial charge is 0.0488 e. The molecule has 0 radical (unpaired) electrons.